The van der Waals surface area contributed by atoms with Gasteiger partial charge in [0.05, 0.1) is 10.8 Å². The molecule has 2 rings (SSSR count). The number of ether oxygens (including phenoxy) is 2. The summed E-state index contributed by atoms with van der Waals surface area (Å²) in [5.74, 6) is 0.0379. The fourth-order valence-corrected chi connectivity index (χ4v) is 3.13. The van der Waals surface area contributed by atoms with Crippen molar-refractivity contribution in [3.05, 3.63) is 83.6 Å². The normalized spacial score (nSPS) is 14.1. The third-order valence-electron chi connectivity index (χ3n) is 4.53. The fourth-order valence-electron chi connectivity index (χ4n) is 2.65. The van der Waals surface area contributed by atoms with Gasteiger partial charge in [0.15, 0.2) is 11.4 Å². The first kappa shape index (κ1) is 33.1. The molecule has 0 spiro atoms. The van der Waals surface area contributed by atoms with Crippen LogP contribution < -0.4 is 9.47 Å². The highest BCUT2D eigenvalue weighted by Gasteiger charge is 2.39. The van der Waals surface area contributed by atoms with E-state index in [0.29, 0.717) is 0 Å². The van der Waals surface area contributed by atoms with Crippen LogP contribution in [-0.2, 0) is 28.8 Å². The molecular formula is C23H20F6N2O8S2. The predicted octanol–water partition coefficient (Wildman–Crippen LogP) is 5.39. The zero-order chi connectivity index (χ0) is 31.1. The van der Waals surface area contributed by atoms with Crippen molar-refractivity contribution in [1.82, 2.24) is 0 Å². The molecule has 41 heavy (non-hydrogen) atoms. The van der Waals surface area contributed by atoms with E-state index in [2.05, 4.69) is 32.0 Å². The van der Waals surface area contributed by atoms with Crippen molar-refractivity contribution in [2.45, 2.75) is 32.0 Å². The lowest BCUT2D eigenvalue weighted by Gasteiger charge is -2.20. The van der Waals surface area contributed by atoms with Crippen molar-refractivity contribution < 1.29 is 61.2 Å². The Hall–Kier alpha value is -4.06. The summed E-state index contributed by atoms with van der Waals surface area (Å²) in [6.45, 7) is 7.40. The van der Waals surface area contributed by atoms with Gasteiger partial charge >= 0.3 is 32.6 Å². The quantitative estimate of drug-likeness (QED) is 0.125. The van der Waals surface area contributed by atoms with Crippen molar-refractivity contribution in [3.63, 3.8) is 0 Å². The number of oxime groups is 2. The fraction of sp³-hybridized carbons (Fsp3) is 0.217. The van der Waals surface area contributed by atoms with Crippen LogP contribution >= 0.6 is 0 Å². The maximum absolute atomic E-state index is 13.4. The third-order valence-corrected chi connectivity index (χ3v) is 5.92. The molecule has 0 atom stereocenters. The molecule has 0 aliphatic heterocycles. The summed E-state index contributed by atoms with van der Waals surface area (Å²) < 4.78 is 144. The Morgan fingerprint density at radius 3 is 1.29 bits per heavy atom. The molecular weight excluding hydrogens is 610 g/mol. The van der Waals surface area contributed by atoms with E-state index in [9.17, 15) is 43.2 Å². The summed E-state index contributed by atoms with van der Waals surface area (Å²) in [5, 5.41) is 5.90. The highest BCUT2D eigenvalue weighted by molar-refractivity contribution is 7.89. The highest BCUT2D eigenvalue weighted by Crippen LogP contribution is 2.27. The van der Waals surface area contributed by atoms with E-state index in [0.717, 1.165) is 48.5 Å². The smallest absolute Gasteiger partial charge is 0.437 e. The van der Waals surface area contributed by atoms with Crippen molar-refractivity contribution in [2.24, 2.45) is 10.3 Å². The molecule has 0 saturated carbocycles. The Bertz CT molecular complexity index is 1390. The van der Waals surface area contributed by atoms with E-state index < -0.39 is 61.4 Å². The molecule has 0 N–H and O–H groups in total. The van der Waals surface area contributed by atoms with Gasteiger partial charge in [-0.2, -0.15) is 43.2 Å². The molecule has 0 fully saturated rings. The molecule has 0 radical (unpaired) electrons. The first-order valence-corrected chi connectivity index (χ1v) is 13.8. The van der Waals surface area contributed by atoms with Gasteiger partial charge in [0, 0.05) is 17.5 Å². The second-order valence-electron chi connectivity index (χ2n) is 7.47. The van der Waals surface area contributed by atoms with Crippen molar-refractivity contribution in [3.8, 4) is 11.5 Å². The minimum Gasteiger partial charge on any atom is -0.455 e. The third kappa shape index (κ3) is 10.1. The topological polar surface area (TPSA) is 130 Å². The molecule has 0 aliphatic rings. The molecule has 224 valence electrons. The monoisotopic (exact) mass is 630 g/mol. The van der Waals surface area contributed by atoms with Crippen LogP contribution in [0.1, 0.15) is 24.5 Å². The van der Waals surface area contributed by atoms with E-state index in [1.807, 2.05) is 0 Å². The number of hydrogen-bond donors (Lipinski definition) is 0. The van der Waals surface area contributed by atoms with Gasteiger partial charge in [0.2, 0.25) is 6.29 Å². The van der Waals surface area contributed by atoms with Gasteiger partial charge in [-0.1, -0.05) is 30.4 Å². The number of nitrogens with zero attached hydrogens (tertiary/aromatic N) is 2. The SMILES string of the molecule is C=CS(=O)(=O)ON=C(c1ccc(OC(CC)Oc2ccc(C(=NOS(=O)(=O)C=C)C(F)(F)F)cc2)cc1)C(F)(F)F. The van der Waals surface area contributed by atoms with Crippen LogP contribution in [0.4, 0.5) is 26.3 Å². The zero-order valence-electron chi connectivity index (χ0n) is 20.7. The largest absolute Gasteiger partial charge is 0.455 e. The zero-order valence-corrected chi connectivity index (χ0v) is 22.3. The Balaban J connectivity index is 2.20. The molecule has 0 saturated heterocycles. The first-order chi connectivity index (χ1) is 18.9. The summed E-state index contributed by atoms with van der Waals surface area (Å²) in [5.41, 5.74) is -4.40. The summed E-state index contributed by atoms with van der Waals surface area (Å²) in [4.78, 5) is 0. The van der Waals surface area contributed by atoms with Crippen LogP contribution in [0.3, 0.4) is 0 Å². The molecule has 2 aromatic rings. The van der Waals surface area contributed by atoms with Crippen LogP contribution in [0.15, 0.2) is 82.8 Å². The van der Waals surface area contributed by atoms with E-state index in [1.165, 1.54) is 0 Å². The van der Waals surface area contributed by atoms with Crippen LogP contribution in [0.2, 0.25) is 0 Å². The second kappa shape index (κ2) is 13.1. The number of alkyl halides is 6. The molecule has 0 bridgehead atoms. The molecule has 0 aromatic heterocycles. The van der Waals surface area contributed by atoms with Crippen molar-refractivity contribution >= 4 is 31.7 Å². The van der Waals surface area contributed by atoms with Gasteiger partial charge in [0.25, 0.3) is 0 Å². The van der Waals surface area contributed by atoms with Gasteiger partial charge in [-0.3, -0.25) is 8.57 Å². The Labute approximate surface area is 230 Å². The molecule has 10 nitrogen and oxygen atoms in total. The molecule has 0 aliphatic carbocycles. The molecule has 0 unspecified atom stereocenters. The molecule has 0 heterocycles. The van der Waals surface area contributed by atoms with E-state index >= 15 is 0 Å². The number of hydrogen-bond acceptors (Lipinski definition) is 10. The predicted molar refractivity (Wildman–Crippen MR) is 134 cm³/mol. The lowest BCUT2D eigenvalue weighted by molar-refractivity contribution is -0.0606. The van der Waals surface area contributed by atoms with Crippen LogP contribution in [0.25, 0.3) is 0 Å². The van der Waals surface area contributed by atoms with Crippen LogP contribution in [0.5, 0.6) is 11.5 Å². The maximum Gasteiger partial charge on any atom is 0.437 e. The Morgan fingerprint density at radius 2 is 1.05 bits per heavy atom. The minimum atomic E-state index is -5.08. The number of rotatable bonds is 13. The first-order valence-electron chi connectivity index (χ1n) is 10.9. The summed E-state index contributed by atoms with van der Waals surface area (Å²) >= 11 is 0. The second-order valence-corrected chi connectivity index (χ2v) is 10.4. The average Bonchev–Trinajstić information content (AvgIpc) is 2.88. The van der Waals surface area contributed by atoms with Gasteiger partial charge in [0.1, 0.15) is 11.5 Å². The van der Waals surface area contributed by atoms with Crippen LogP contribution in [-0.4, -0.2) is 46.9 Å². The van der Waals surface area contributed by atoms with Crippen molar-refractivity contribution in [1.29, 1.82) is 0 Å². The summed E-state index contributed by atoms with van der Waals surface area (Å²) in [6.07, 6.45) is -11.0. The van der Waals surface area contributed by atoms with E-state index in [1.54, 1.807) is 6.92 Å². The maximum atomic E-state index is 13.4. The van der Waals surface area contributed by atoms with Gasteiger partial charge in [-0.15, -0.1) is 0 Å². The van der Waals surface area contributed by atoms with Crippen LogP contribution in [0, 0.1) is 0 Å². The van der Waals surface area contributed by atoms with E-state index in [-0.39, 0.29) is 28.7 Å². The summed E-state index contributed by atoms with van der Waals surface area (Å²) in [7, 11) is -9.05. The molecule has 18 heteroatoms. The lowest BCUT2D eigenvalue weighted by Crippen LogP contribution is -2.25. The Kier molecular flexibility index (Phi) is 10.6. The number of halogens is 6. The molecule has 0 amide bonds. The van der Waals surface area contributed by atoms with Gasteiger partial charge in [-0.25, -0.2) is 0 Å². The van der Waals surface area contributed by atoms with Crippen molar-refractivity contribution in [2.75, 3.05) is 0 Å². The van der Waals surface area contributed by atoms with Gasteiger partial charge < -0.3 is 9.47 Å². The Morgan fingerprint density at radius 1 is 0.732 bits per heavy atom. The molecule has 2 aromatic carbocycles. The van der Waals surface area contributed by atoms with Gasteiger partial charge in [-0.05, 0) is 48.5 Å². The number of benzene rings is 2. The summed E-state index contributed by atoms with van der Waals surface area (Å²) in [6, 6.07) is 8.15. The highest BCUT2D eigenvalue weighted by atomic mass is 32.2. The standard InChI is InChI=1S/C23H20F6N2O8S2/c1-4-19(36-17-11-7-15(8-12-17)20(22(24,25)26)30-38-40(32,33)5-2)37-18-13-9-16(10-14-18)21(23(27,28)29)31-39-41(34,35)6-3/h5-14,19H,2-4H2,1H3. The minimum absolute atomic E-state index is 0.0189. The van der Waals surface area contributed by atoms with E-state index in [4.69, 9.17) is 9.47 Å². The average molecular weight is 631 g/mol. The lowest BCUT2D eigenvalue weighted by atomic mass is 10.1.